The number of fused-ring (bicyclic) bond motifs is 1. The lowest BCUT2D eigenvalue weighted by molar-refractivity contribution is 0.0813. The first-order chi connectivity index (χ1) is 12.3. The number of aromatic nitrogens is 4. The van der Waals surface area contributed by atoms with Gasteiger partial charge in [0.1, 0.15) is 11.5 Å². The molecule has 25 heavy (non-hydrogen) atoms. The van der Waals surface area contributed by atoms with Crippen molar-refractivity contribution >= 4 is 0 Å². The summed E-state index contributed by atoms with van der Waals surface area (Å²) in [5.74, 6) is 1.20. The molecule has 3 aromatic rings. The van der Waals surface area contributed by atoms with E-state index in [2.05, 4.69) is 20.2 Å². The van der Waals surface area contributed by atoms with Crippen LogP contribution < -0.4 is 0 Å². The highest BCUT2D eigenvalue weighted by Gasteiger charge is 2.30. The van der Waals surface area contributed by atoms with E-state index in [1.54, 1.807) is 18.7 Å². The normalized spacial score (nSPS) is 17.6. The molecule has 4 heterocycles. The van der Waals surface area contributed by atoms with Crippen molar-refractivity contribution in [3.05, 3.63) is 65.6 Å². The summed E-state index contributed by atoms with van der Waals surface area (Å²) in [6, 6.07) is 7.87. The SMILES string of the molecule is Cn1nnc2c1[C@H](COCc1ccncc1)CN(Cc1ccco1)C2. The van der Waals surface area contributed by atoms with E-state index in [0.29, 0.717) is 13.2 Å². The van der Waals surface area contributed by atoms with Crippen LogP contribution in [0.5, 0.6) is 0 Å². The van der Waals surface area contributed by atoms with Crippen LogP contribution in [0.4, 0.5) is 0 Å². The van der Waals surface area contributed by atoms with Crippen molar-refractivity contribution in [1.29, 1.82) is 0 Å². The molecule has 7 nitrogen and oxygen atoms in total. The predicted octanol–water partition coefficient (Wildman–Crippen LogP) is 2.12. The van der Waals surface area contributed by atoms with Crippen LogP contribution in [0.2, 0.25) is 0 Å². The first-order valence-electron chi connectivity index (χ1n) is 8.39. The molecule has 0 aromatic carbocycles. The lowest BCUT2D eigenvalue weighted by atomic mass is 9.99. The third-order valence-electron chi connectivity index (χ3n) is 4.48. The van der Waals surface area contributed by atoms with Gasteiger partial charge >= 0.3 is 0 Å². The van der Waals surface area contributed by atoms with E-state index in [-0.39, 0.29) is 5.92 Å². The fourth-order valence-electron chi connectivity index (χ4n) is 3.37. The second kappa shape index (κ2) is 7.16. The number of pyridine rings is 1. The molecule has 0 radical (unpaired) electrons. The van der Waals surface area contributed by atoms with Gasteiger partial charge in [0.15, 0.2) is 0 Å². The minimum atomic E-state index is 0.237. The van der Waals surface area contributed by atoms with Crippen LogP contribution in [0.25, 0.3) is 0 Å². The molecular weight excluding hydrogens is 318 g/mol. The van der Waals surface area contributed by atoms with Crippen LogP contribution in [0, 0.1) is 0 Å². The highest BCUT2D eigenvalue weighted by atomic mass is 16.5. The monoisotopic (exact) mass is 339 g/mol. The number of hydrogen-bond donors (Lipinski definition) is 0. The Kier molecular flexibility index (Phi) is 4.58. The first kappa shape index (κ1) is 16.0. The first-order valence-corrected chi connectivity index (χ1v) is 8.39. The van der Waals surface area contributed by atoms with Crippen molar-refractivity contribution in [2.24, 2.45) is 7.05 Å². The molecule has 1 atom stereocenters. The predicted molar refractivity (Wildman–Crippen MR) is 90.5 cm³/mol. The Balaban J connectivity index is 1.44. The molecule has 0 bridgehead atoms. The van der Waals surface area contributed by atoms with Crippen LogP contribution in [-0.4, -0.2) is 38.0 Å². The van der Waals surface area contributed by atoms with Crippen LogP contribution in [0.15, 0.2) is 47.3 Å². The van der Waals surface area contributed by atoms with Crippen molar-refractivity contribution in [3.63, 3.8) is 0 Å². The molecule has 0 unspecified atom stereocenters. The highest BCUT2D eigenvalue weighted by Crippen LogP contribution is 2.28. The number of aryl methyl sites for hydroxylation is 1. The maximum atomic E-state index is 5.98. The number of nitrogens with zero attached hydrogens (tertiary/aromatic N) is 5. The van der Waals surface area contributed by atoms with E-state index < -0.39 is 0 Å². The van der Waals surface area contributed by atoms with Crippen molar-refractivity contribution in [3.8, 4) is 0 Å². The highest BCUT2D eigenvalue weighted by molar-refractivity contribution is 5.20. The van der Waals surface area contributed by atoms with E-state index in [4.69, 9.17) is 9.15 Å². The van der Waals surface area contributed by atoms with Crippen molar-refractivity contribution in [2.45, 2.75) is 25.6 Å². The van der Waals surface area contributed by atoms with Crippen molar-refractivity contribution < 1.29 is 9.15 Å². The Morgan fingerprint density at radius 3 is 2.96 bits per heavy atom. The van der Waals surface area contributed by atoms with E-state index in [1.165, 1.54) is 5.69 Å². The van der Waals surface area contributed by atoms with Crippen LogP contribution in [-0.2, 0) is 31.5 Å². The summed E-state index contributed by atoms with van der Waals surface area (Å²) >= 11 is 0. The second-order valence-corrected chi connectivity index (χ2v) is 6.36. The molecule has 0 aliphatic carbocycles. The molecule has 0 saturated heterocycles. The zero-order valence-corrected chi connectivity index (χ0v) is 14.2. The summed E-state index contributed by atoms with van der Waals surface area (Å²) in [5.41, 5.74) is 3.32. The Morgan fingerprint density at radius 2 is 2.16 bits per heavy atom. The Labute approximate surface area is 146 Å². The molecular formula is C18H21N5O2. The van der Waals surface area contributed by atoms with Gasteiger partial charge in [0, 0.05) is 38.4 Å². The summed E-state index contributed by atoms with van der Waals surface area (Å²) in [6.07, 6.45) is 5.28. The molecule has 130 valence electrons. The maximum Gasteiger partial charge on any atom is 0.117 e. The van der Waals surface area contributed by atoms with Gasteiger partial charge in [0.25, 0.3) is 0 Å². The molecule has 0 N–H and O–H groups in total. The number of furan rings is 1. The van der Waals surface area contributed by atoms with Gasteiger partial charge in [-0.25, -0.2) is 0 Å². The average Bonchev–Trinajstić information content (AvgIpc) is 3.26. The zero-order chi connectivity index (χ0) is 17.1. The molecule has 3 aromatic heterocycles. The second-order valence-electron chi connectivity index (χ2n) is 6.36. The largest absolute Gasteiger partial charge is 0.468 e. The van der Waals surface area contributed by atoms with Gasteiger partial charge in [-0.05, 0) is 29.8 Å². The smallest absolute Gasteiger partial charge is 0.117 e. The molecule has 7 heteroatoms. The van der Waals surface area contributed by atoms with E-state index in [0.717, 1.165) is 36.7 Å². The zero-order valence-electron chi connectivity index (χ0n) is 14.2. The quantitative estimate of drug-likeness (QED) is 0.685. The fourth-order valence-corrected chi connectivity index (χ4v) is 3.37. The summed E-state index contributed by atoms with van der Waals surface area (Å²) in [7, 11) is 1.95. The Bertz CT molecular complexity index is 800. The van der Waals surface area contributed by atoms with E-state index >= 15 is 0 Å². The summed E-state index contributed by atoms with van der Waals surface area (Å²) in [5, 5.41) is 8.53. The van der Waals surface area contributed by atoms with Crippen molar-refractivity contribution in [2.75, 3.05) is 13.2 Å². The molecule has 0 spiro atoms. The van der Waals surface area contributed by atoms with Gasteiger partial charge in [-0.1, -0.05) is 5.21 Å². The molecule has 0 amide bonds. The van der Waals surface area contributed by atoms with E-state index in [1.807, 2.05) is 36.0 Å². The van der Waals surface area contributed by atoms with E-state index in [9.17, 15) is 0 Å². The van der Waals surface area contributed by atoms with Crippen LogP contribution >= 0.6 is 0 Å². The van der Waals surface area contributed by atoms with Gasteiger partial charge in [0.2, 0.25) is 0 Å². The Hall–Kier alpha value is -2.51. The summed E-state index contributed by atoms with van der Waals surface area (Å²) in [4.78, 5) is 6.36. The minimum absolute atomic E-state index is 0.237. The van der Waals surface area contributed by atoms with Gasteiger partial charge in [-0.2, -0.15) is 0 Å². The number of rotatable bonds is 6. The lowest BCUT2D eigenvalue weighted by Crippen LogP contribution is -2.35. The number of hydrogen-bond acceptors (Lipinski definition) is 6. The van der Waals surface area contributed by atoms with Crippen molar-refractivity contribution in [1.82, 2.24) is 24.9 Å². The molecule has 0 saturated carbocycles. The topological polar surface area (TPSA) is 69.2 Å². The molecule has 1 aliphatic rings. The molecule has 4 rings (SSSR count). The molecule has 0 fully saturated rings. The third-order valence-corrected chi connectivity index (χ3v) is 4.48. The Morgan fingerprint density at radius 1 is 1.28 bits per heavy atom. The van der Waals surface area contributed by atoms with Gasteiger partial charge in [-0.3, -0.25) is 14.6 Å². The average molecular weight is 339 g/mol. The summed E-state index contributed by atoms with van der Waals surface area (Å²) < 4.78 is 13.3. The van der Waals surface area contributed by atoms with Gasteiger partial charge in [-0.15, -0.1) is 5.10 Å². The summed E-state index contributed by atoms with van der Waals surface area (Å²) in [6.45, 7) is 3.66. The standard InChI is InChI=1S/C18H21N5O2/c1-22-18-15(13-24-12-14-4-6-19-7-5-14)9-23(11-17(18)20-21-22)10-16-3-2-8-25-16/h2-8,15H,9-13H2,1H3/t15-/m0/s1. The number of ether oxygens (including phenoxy) is 1. The van der Waals surface area contributed by atoms with Crippen LogP contribution in [0.3, 0.4) is 0 Å². The van der Waals surface area contributed by atoms with Gasteiger partial charge in [0.05, 0.1) is 31.7 Å². The minimum Gasteiger partial charge on any atom is -0.468 e. The lowest BCUT2D eigenvalue weighted by Gasteiger charge is -2.31. The maximum absolute atomic E-state index is 5.98. The van der Waals surface area contributed by atoms with Crippen LogP contribution in [0.1, 0.15) is 28.6 Å². The van der Waals surface area contributed by atoms with Gasteiger partial charge < -0.3 is 9.15 Å². The molecule has 1 aliphatic heterocycles. The third kappa shape index (κ3) is 3.62. The fraction of sp³-hybridized carbons (Fsp3) is 0.389.